The van der Waals surface area contributed by atoms with E-state index in [1.807, 2.05) is 44.4 Å². The van der Waals surface area contributed by atoms with Gasteiger partial charge in [-0.15, -0.1) is 0 Å². The Morgan fingerprint density at radius 3 is 2.78 bits per heavy atom. The number of likely N-dealkylation sites (tertiary alicyclic amines) is 1. The molecule has 98 valence electrons. The van der Waals surface area contributed by atoms with Crippen molar-refractivity contribution in [3.63, 3.8) is 0 Å². The molecule has 1 aromatic carbocycles. The van der Waals surface area contributed by atoms with Gasteiger partial charge in [-0.1, -0.05) is 18.2 Å². The van der Waals surface area contributed by atoms with Crippen molar-refractivity contribution in [2.75, 3.05) is 38.6 Å². The van der Waals surface area contributed by atoms with Crippen LogP contribution in [0.1, 0.15) is 6.42 Å². The predicted octanol–water partition coefficient (Wildman–Crippen LogP) is 0.943. The summed E-state index contributed by atoms with van der Waals surface area (Å²) in [6, 6.07) is 10.3. The lowest BCUT2D eigenvalue weighted by molar-refractivity contribution is -0.119. The molecule has 0 radical (unpaired) electrons. The third kappa shape index (κ3) is 3.09. The molecule has 1 fully saturated rings. The minimum Gasteiger partial charge on any atom is -0.316 e. The molecule has 0 bridgehead atoms. The minimum absolute atomic E-state index is 0.151. The number of benzene rings is 1. The monoisotopic (exact) mass is 247 g/mol. The highest BCUT2D eigenvalue weighted by atomic mass is 16.2. The fourth-order valence-corrected chi connectivity index (χ4v) is 2.30. The molecule has 1 aromatic rings. The lowest BCUT2D eigenvalue weighted by atomic mass is 10.3. The molecule has 1 heterocycles. The van der Waals surface area contributed by atoms with E-state index in [0.29, 0.717) is 12.6 Å². The number of para-hydroxylation sites is 1. The van der Waals surface area contributed by atoms with Gasteiger partial charge in [0, 0.05) is 31.9 Å². The second kappa shape index (κ2) is 5.98. The molecule has 18 heavy (non-hydrogen) atoms. The van der Waals surface area contributed by atoms with Gasteiger partial charge in [-0.3, -0.25) is 9.69 Å². The molecule has 0 aliphatic carbocycles. The Labute approximate surface area is 109 Å². The molecule has 0 spiro atoms. The van der Waals surface area contributed by atoms with E-state index in [2.05, 4.69) is 10.2 Å². The molecular weight excluding hydrogens is 226 g/mol. The predicted molar refractivity (Wildman–Crippen MR) is 73.8 cm³/mol. The number of hydrogen-bond acceptors (Lipinski definition) is 3. The largest absolute Gasteiger partial charge is 0.316 e. The van der Waals surface area contributed by atoms with E-state index >= 15 is 0 Å². The third-order valence-electron chi connectivity index (χ3n) is 3.56. The van der Waals surface area contributed by atoms with Crippen molar-refractivity contribution in [1.82, 2.24) is 10.2 Å². The van der Waals surface area contributed by atoms with Gasteiger partial charge in [-0.05, 0) is 25.6 Å². The first-order valence-electron chi connectivity index (χ1n) is 6.42. The van der Waals surface area contributed by atoms with E-state index in [9.17, 15) is 4.79 Å². The molecular formula is C14H21N3O. The van der Waals surface area contributed by atoms with Gasteiger partial charge in [0.25, 0.3) is 0 Å². The molecule has 0 aromatic heterocycles. The standard InChI is InChI=1S/C14H21N3O/c1-15-12-8-9-17(10-12)11-14(18)16(2)13-6-4-3-5-7-13/h3-7,12,15H,8-11H2,1-2H3. The maximum Gasteiger partial charge on any atom is 0.240 e. The number of hydrogen-bond donors (Lipinski definition) is 1. The van der Waals surface area contributed by atoms with Crippen LogP contribution < -0.4 is 10.2 Å². The lowest BCUT2D eigenvalue weighted by Crippen LogP contribution is -2.38. The van der Waals surface area contributed by atoms with Crippen molar-refractivity contribution in [1.29, 1.82) is 0 Å². The van der Waals surface area contributed by atoms with E-state index in [0.717, 1.165) is 25.2 Å². The van der Waals surface area contributed by atoms with E-state index in [-0.39, 0.29) is 5.91 Å². The average Bonchev–Trinajstić information content (AvgIpc) is 2.86. The van der Waals surface area contributed by atoms with Gasteiger partial charge in [-0.2, -0.15) is 0 Å². The summed E-state index contributed by atoms with van der Waals surface area (Å²) in [6.07, 6.45) is 1.12. The van der Waals surface area contributed by atoms with E-state index < -0.39 is 0 Å². The number of nitrogens with zero attached hydrogens (tertiary/aromatic N) is 2. The third-order valence-corrected chi connectivity index (χ3v) is 3.56. The van der Waals surface area contributed by atoms with Gasteiger partial charge < -0.3 is 10.2 Å². The van der Waals surface area contributed by atoms with E-state index in [4.69, 9.17) is 0 Å². The maximum absolute atomic E-state index is 12.2. The van der Waals surface area contributed by atoms with Gasteiger partial charge in [0.15, 0.2) is 0 Å². The van der Waals surface area contributed by atoms with Crippen LogP contribution in [0.4, 0.5) is 5.69 Å². The van der Waals surface area contributed by atoms with Crippen LogP contribution in [0.15, 0.2) is 30.3 Å². The SMILES string of the molecule is CNC1CCN(CC(=O)N(C)c2ccccc2)C1. The van der Waals surface area contributed by atoms with Crippen molar-refractivity contribution in [2.24, 2.45) is 0 Å². The zero-order valence-electron chi connectivity index (χ0n) is 11.1. The zero-order chi connectivity index (χ0) is 13.0. The molecule has 1 unspecified atom stereocenters. The van der Waals surface area contributed by atoms with Crippen molar-refractivity contribution >= 4 is 11.6 Å². The van der Waals surface area contributed by atoms with Crippen LogP contribution >= 0.6 is 0 Å². The van der Waals surface area contributed by atoms with Crippen LogP contribution in [0, 0.1) is 0 Å². The fourth-order valence-electron chi connectivity index (χ4n) is 2.30. The first kappa shape index (κ1) is 13.1. The summed E-state index contributed by atoms with van der Waals surface area (Å²) >= 11 is 0. The van der Waals surface area contributed by atoms with Gasteiger partial charge in [-0.25, -0.2) is 0 Å². The Morgan fingerprint density at radius 2 is 2.17 bits per heavy atom. The van der Waals surface area contributed by atoms with Gasteiger partial charge in [0.2, 0.25) is 5.91 Å². The minimum atomic E-state index is 0.151. The highest BCUT2D eigenvalue weighted by Gasteiger charge is 2.23. The van der Waals surface area contributed by atoms with Gasteiger partial charge in [0.1, 0.15) is 0 Å². The van der Waals surface area contributed by atoms with Crippen LogP contribution in [0.3, 0.4) is 0 Å². The number of likely N-dealkylation sites (N-methyl/N-ethyl adjacent to an activating group) is 2. The molecule has 4 heteroatoms. The first-order valence-corrected chi connectivity index (χ1v) is 6.42. The molecule has 1 N–H and O–H groups in total. The summed E-state index contributed by atoms with van der Waals surface area (Å²) in [7, 11) is 3.81. The van der Waals surface area contributed by atoms with Crippen LogP contribution in [0.5, 0.6) is 0 Å². The Bertz CT molecular complexity index is 393. The van der Waals surface area contributed by atoms with Crippen molar-refractivity contribution in [2.45, 2.75) is 12.5 Å². The highest BCUT2D eigenvalue weighted by Crippen LogP contribution is 2.13. The molecule has 0 saturated carbocycles. The fraction of sp³-hybridized carbons (Fsp3) is 0.500. The van der Waals surface area contributed by atoms with E-state index in [1.165, 1.54) is 0 Å². The molecule has 1 aliphatic rings. The second-order valence-electron chi connectivity index (χ2n) is 4.80. The van der Waals surface area contributed by atoms with Crippen LogP contribution in [-0.2, 0) is 4.79 Å². The summed E-state index contributed by atoms with van der Waals surface area (Å²) < 4.78 is 0. The summed E-state index contributed by atoms with van der Waals surface area (Å²) in [4.78, 5) is 16.1. The summed E-state index contributed by atoms with van der Waals surface area (Å²) in [5, 5.41) is 3.26. The maximum atomic E-state index is 12.2. The van der Waals surface area contributed by atoms with Gasteiger partial charge >= 0.3 is 0 Å². The number of nitrogens with one attached hydrogen (secondary N) is 1. The molecule has 2 rings (SSSR count). The Kier molecular flexibility index (Phi) is 4.33. The number of amides is 1. The van der Waals surface area contributed by atoms with Gasteiger partial charge in [0.05, 0.1) is 6.54 Å². The van der Waals surface area contributed by atoms with E-state index in [1.54, 1.807) is 4.90 Å². The first-order chi connectivity index (χ1) is 8.70. The highest BCUT2D eigenvalue weighted by molar-refractivity contribution is 5.94. The number of carbonyl (C=O) groups excluding carboxylic acids is 1. The second-order valence-corrected chi connectivity index (χ2v) is 4.80. The number of anilines is 1. The molecule has 1 saturated heterocycles. The lowest BCUT2D eigenvalue weighted by Gasteiger charge is -2.21. The molecule has 1 aliphatic heterocycles. The number of carbonyl (C=O) groups is 1. The zero-order valence-corrected chi connectivity index (χ0v) is 11.1. The molecule has 4 nitrogen and oxygen atoms in total. The smallest absolute Gasteiger partial charge is 0.240 e. The normalized spacial score (nSPS) is 20.0. The summed E-state index contributed by atoms with van der Waals surface area (Å²) in [5.41, 5.74) is 0.951. The summed E-state index contributed by atoms with van der Waals surface area (Å²) in [6.45, 7) is 2.47. The summed E-state index contributed by atoms with van der Waals surface area (Å²) in [5.74, 6) is 0.151. The van der Waals surface area contributed by atoms with Crippen LogP contribution in [0.25, 0.3) is 0 Å². The van der Waals surface area contributed by atoms with Crippen molar-refractivity contribution < 1.29 is 4.79 Å². The Morgan fingerprint density at radius 1 is 1.44 bits per heavy atom. The van der Waals surface area contributed by atoms with Crippen LogP contribution in [-0.4, -0.2) is 50.6 Å². The quantitative estimate of drug-likeness (QED) is 0.860. The Balaban J connectivity index is 1.89. The Hall–Kier alpha value is -1.39. The molecule has 1 atom stereocenters. The number of rotatable bonds is 4. The average molecular weight is 247 g/mol. The van der Waals surface area contributed by atoms with Crippen molar-refractivity contribution in [3.05, 3.63) is 30.3 Å². The van der Waals surface area contributed by atoms with Crippen molar-refractivity contribution in [3.8, 4) is 0 Å². The van der Waals surface area contributed by atoms with Crippen LogP contribution in [0.2, 0.25) is 0 Å². The topological polar surface area (TPSA) is 35.6 Å². The molecule has 1 amide bonds.